The molecule has 0 unspecified atom stereocenters. The van der Waals surface area contributed by atoms with Crippen molar-refractivity contribution in [3.63, 3.8) is 0 Å². The Morgan fingerprint density at radius 2 is 1.45 bits per heavy atom. The van der Waals surface area contributed by atoms with Crippen LogP contribution in [0.3, 0.4) is 0 Å². The molecule has 0 spiro atoms. The van der Waals surface area contributed by atoms with Crippen LogP contribution in [0.5, 0.6) is 11.5 Å². The van der Waals surface area contributed by atoms with Gasteiger partial charge in [-0.25, -0.2) is 0 Å². The monoisotopic (exact) mass is 800 g/mol. The minimum atomic E-state index is -1.45. The molecule has 4 aliphatic rings. The van der Waals surface area contributed by atoms with Crippen LogP contribution in [-0.2, 0) is 24.6 Å². The number of fused-ring (bicyclic) bond motifs is 4. The molecule has 6 atom stereocenters. The quantitative estimate of drug-likeness (QED) is 0.0860. The molecule has 12 heteroatoms. The number of nitrogens with one attached hydrogen (secondary N) is 1. The smallest absolute Gasteiger partial charge is 0.260 e. The molecule has 4 amide bonds. The Labute approximate surface area is 347 Å². The van der Waals surface area contributed by atoms with Gasteiger partial charge in [0.1, 0.15) is 0 Å². The van der Waals surface area contributed by atoms with Crippen molar-refractivity contribution in [3.8, 4) is 11.5 Å². The first kappa shape index (κ1) is 38.4. The molecule has 0 bridgehead atoms. The maximum Gasteiger partial charge on any atom is 0.260 e. The van der Waals surface area contributed by atoms with Gasteiger partial charge in [0, 0.05) is 25.7 Å². The van der Waals surface area contributed by atoms with E-state index < -0.39 is 46.8 Å². The Balaban J connectivity index is 1.10. The van der Waals surface area contributed by atoms with Gasteiger partial charge in [-0.2, -0.15) is 15.2 Å². The number of methoxy groups -OCH3 is 1. The lowest BCUT2D eigenvalue weighted by Gasteiger charge is -2.50. The number of allylic oxidation sites excluding steroid dienone is 2. The number of phenols is 1. The van der Waals surface area contributed by atoms with Crippen molar-refractivity contribution >= 4 is 52.1 Å². The third-order valence-corrected chi connectivity index (χ3v) is 12.7. The first-order chi connectivity index (χ1) is 29.0. The zero-order valence-electron chi connectivity index (χ0n) is 33.6. The van der Waals surface area contributed by atoms with Crippen LogP contribution in [-0.4, -0.2) is 54.9 Å². The van der Waals surface area contributed by atoms with Crippen molar-refractivity contribution in [2.24, 2.45) is 33.9 Å². The van der Waals surface area contributed by atoms with Crippen LogP contribution in [0.1, 0.15) is 35.4 Å². The fourth-order valence-electron chi connectivity index (χ4n) is 9.85. The second-order valence-electron chi connectivity index (χ2n) is 16.2. The van der Waals surface area contributed by atoms with E-state index in [1.807, 2.05) is 111 Å². The molecule has 0 radical (unpaired) electrons. The van der Waals surface area contributed by atoms with Crippen molar-refractivity contribution in [2.75, 3.05) is 36.4 Å². The van der Waals surface area contributed by atoms with E-state index in [9.17, 15) is 19.5 Å². The van der Waals surface area contributed by atoms with E-state index in [-0.39, 0.29) is 36.2 Å². The molecule has 9 rings (SSSR count). The van der Waals surface area contributed by atoms with Gasteiger partial charge in [0.15, 0.2) is 11.5 Å². The number of hydrogen-bond acceptors (Lipinski definition) is 10. The number of hydrogen-bond donors (Lipinski definition) is 2. The number of nitrogens with zero attached hydrogens (tertiary/aromatic N) is 5. The van der Waals surface area contributed by atoms with Crippen molar-refractivity contribution in [1.82, 2.24) is 5.01 Å². The topological polar surface area (TPSA) is 144 Å². The van der Waals surface area contributed by atoms with E-state index in [0.29, 0.717) is 33.9 Å². The Morgan fingerprint density at radius 1 is 0.783 bits per heavy atom. The summed E-state index contributed by atoms with van der Waals surface area (Å²) in [5.41, 5.74) is 8.08. The molecular formula is C48H44N6O6. The fraction of sp³-hybridized carbons (Fsp3) is 0.250. The molecular weight excluding hydrogens is 757 g/mol. The molecule has 2 saturated heterocycles. The lowest BCUT2D eigenvalue weighted by molar-refractivity contribution is -0.138. The molecule has 60 heavy (non-hydrogen) atoms. The molecule has 3 fully saturated rings. The number of anilines is 3. The number of rotatable bonds is 9. The molecule has 5 aromatic rings. The minimum absolute atomic E-state index is 0.0774. The predicted molar refractivity (Wildman–Crippen MR) is 227 cm³/mol. The largest absolute Gasteiger partial charge is 0.504 e. The number of amides is 4. The summed E-state index contributed by atoms with van der Waals surface area (Å²) in [5, 5.41) is 20.6. The Bertz CT molecular complexity index is 2570. The number of carbonyl (C=O) groups is 4. The highest BCUT2D eigenvalue weighted by molar-refractivity contribution is 6.22. The van der Waals surface area contributed by atoms with Gasteiger partial charge in [-0.15, -0.1) is 0 Å². The van der Waals surface area contributed by atoms with Gasteiger partial charge in [-0.3, -0.25) is 29.5 Å². The van der Waals surface area contributed by atoms with E-state index >= 15 is 4.79 Å². The number of aromatic hydroxyl groups is 1. The summed E-state index contributed by atoms with van der Waals surface area (Å²) in [7, 11) is 5.39. The van der Waals surface area contributed by atoms with Gasteiger partial charge in [0.25, 0.3) is 11.8 Å². The summed E-state index contributed by atoms with van der Waals surface area (Å²) < 4.78 is 5.58. The number of imide groups is 2. The lowest BCUT2D eigenvalue weighted by atomic mass is 9.49. The van der Waals surface area contributed by atoms with Gasteiger partial charge in [0.05, 0.1) is 53.0 Å². The van der Waals surface area contributed by atoms with E-state index in [4.69, 9.17) is 4.74 Å². The van der Waals surface area contributed by atoms with Crippen molar-refractivity contribution in [2.45, 2.75) is 31.1 Å². The second-order valence-corrected chi connectivity index (χ2v) is 16.2. The predicted octanol–water partition coefficient (Wildman–Crippen LogP) is 8.38. The molecule has 1 saturated carbocycles. The number of benzene rings is 5. The fourth-order valence-corrected chi connectivity index (χ4v) is 9.85. The molecule has 0 aromatic heterocycles. The number of hydrazine groups is 1. The molecule has 2 N–H and O–H groups in total. The van der Waals surface area contributed by atoms with Crippen LogP contribution in [0.2, 0.25) is 0 Å². The summed E-state index contributed by atoms with van der Waals surface area (Å²) in [6.07, 6.45) is 2.44. The van der Waals surface area contributed by atoms with E-state index in [0.717, 1.165) is 21.8 Å². The second kappa shape index (κ2) is 14.9. The number of ether oxygens (including phenoxy) is 1. The van der Waals surface area contributed by atoms with E-state index in [1.165, 1.54) is 18.1 Å². The molecule has 302 valence electrons. The van der Waals surface area contributed by atoms with Crippen molar-refractivity contribution < 1.29 is 29.0 Å². The minimum Gasteiger partial charge on any atom is -0.504 e. The van der Waals surface area contributed by atoms with Crippen LogP contribution < -0.4 is 20.0 Å². The molecule has 2 heterocycles. The first-order valence-electron chi connectivity index (χ1n) is 20.0. The van der Waals surface area contributed by atoms with Gasteiger partial charge < -0.3 is 14.7 Å². The zero-order chi connectivity index (χ0) is 41.9. The van der Waals surface area contributed by atoms with Gasteiger partial charge in [-0.1, -0.05) is 65.7 Å². The highest BCUT2D eigenvalue weighted by Gasteiger charge is 2.70. The summed E-state index contributed by atoms with van der Waals surface area (Å²) in [5.74, 6) is -5.06. The summed E-state index contributed by atoms with van der Waals surface area (Å²) in [6.45, 7) is 1.96. The molecule has 2 aliphatic heterocycles. The lowest BCUT2D eigenvalue weighted by Crippen LogP contribution is -2.53. The highest BCUT2D eigenvalue weighted by Crippen LogP contribution is 2.64. The van der Waals surface area contributed by atoms with Crippen LogP contribution in [0.25, 0.3) is 0 Å². The van der Waals surface area contributed by atoms with Crippen LogP contribution in [0, 0.1) is 30.6 Å². The number of carbonyl (C=O) groups excluding carboxylic acids is 4. The van der Waals surface area contributed by atoms with Gasteiger partial charge in [-0.05, 0) is 110 Å². The number of aryl methyl sites for hydroxylation is 1. The summed E-state index contributed by atoms with van der Waals surface area (Å²) >= 11 is 0. The Hall–Kier alpha value is -7.08. The third-order valence-electron chi connectivity index (χ3n) is 12.7. The molecule has 5 aromatic carbocycles. The first-order valence-corrected chi connectivity index (χ1v) is 20.0. The number of azo groups is 1. The van der Waals surface area contributed by atoms with E-state index in [2.05, 4.69) is 15.7 Å². The van der Waals surface area contributed by atoms with Crippen LogP contribution >= 0.6 is 0 Å². The SMILES string of the molecule is COc1cc([C@H]2C3=CC[C@@H]4C(=O)N(c5ccc(N=Nc6ccc(N(C)C)cc6)cc5)C(=O)[C@@H]4[C@@H]3C[C@H]3C(=O)N(Nc4ccc(C)cc4)C(=O)[C@@]23c2ccccc2)ccc1O. The average Bonchev–Trinajstić information content (AvgIpc) is 3.65. The van der Waals surface area contributed by atoms with Crippen molar-refractivity contribution in [3.05, 3.63) is 150 Å². The highest BCUT2D eigenvalue weighted by atomic mass is 16.5. The van der Waals surface area contributed by atoms with Crippen LogP contribution in [0.4, 0.5) is 28.4 Å². The maximum absolute atomic E-state index is 15.4. The standard InChI is InChI=1S/C48H44N6O6/c1-28-10-13-33(14-11-28)51-54-45(57)39-27-38-36(43(29-12-25-40(55)41(26-29)60-4)48(39,47(54)59)30-8-6-5-7-9-30)23-24-37-42(38)46(58)53(44(37)56)35-21-17-32(18-22-35)50-49-31-15-19-34(20-16-31)52(2)3/h5-23,25-26,37-39,42-43,51,55H,24,27H2,1-4H3/t37-,38+,39-,42-,43-,48+/m0/s1. The molecule has 12 nitrogen and oxygen atoms in total. The maximum atomic E-state index is 15.4. The average molecular weight is 801 g/mol. The summed E-state index contributed by atoms with van der Waals surface area (Å²) in [6, 6.07) is 36.3. The molecule has 2 aliphatic carbocycles. The van der Waals surface area contributed by atoms with Gasteiger partial charge in [0.2, 0.25) is 11.8 Å². The zero-order valence-corrected chi connectivity index (χ0v) is 33.6. The Kier molecular flexibility index (Phi) is 9.57. The van der Waals surface area contributed by atoms with Crippen LogP contribution in [0.15, 0.2) is 143 Å². The summed E-state index contributed by atoms with van der Waals surface area (Å²) in [4.78, 5) is 62.7. The third kappa shape index (κ3) is 6.13. The van der Waals surface area contributed by atoms with Gasteiger partial charge >= 0.3 is 0 Å². The van der Waals surface area contributed by atoms with Crippen molar-refractivity contribution in [1.29, 1.82) is 0 Å². The number of phenolic OH excluding ortho intramolecular Hbond substituents is 1. The Morgan fingerprint density at radius 3 is 2.10 bits per heavy atom. The normalized spacial score (nSPS) is 24.6. The van der Waals surface area contributed by atoms with E-state index in [1.54, 1.807) is 36.4 Å².